The fourth-order valence-electron chi connectivity index (χ4n) is 3.70. The molecule has 1 amide bonds. The van der Waals surface area contributed by atoms with Crippen LogP contribution < -0.4 is 4.74 Å². The highest BCUT2D eigenvalue weighted by Crippen LogP contribution is 2.43. The highest BCUT2D eigenvalue weighted by molar-refractivity contribution is 5.98. The molecule has 1 aliphatic carbocycles. The quantitative estimate of drug-likeness (QED) is 0.910. The molecule has 6 heteroatoms. The third kappa shape index (κ3) is 2.24. The van der Waals surface area contributed by atoms with Gasteiger partial charge in [0, 0.05) is 12.7 Å². The lowest BCUT2D eigenvalue weighted by atomic mass is 9.94. The van der Waals surface area contributed by atoms with Gasteiger partial charge in [-0.25, -0.2) is 9.78 Å². The lowest BCUT2D eigenvalue weighted by Gasteiger charge is -2.24. The lowest BCUT2D eigenvalue weighted by Crippen LogP contribution is -2.43. The van der Waals surface area contributed by atoms with E-state index in [4.69, 9.17) is 4.74 Å². The zero-order valence-corrected chi connectivity index (χ0v) is 11.9. The zero-order valence-electron chi connectivity index (χ0n) is 11.9. The summed E-state index contributed by atoms with van der Waals surface area (Å²) in [6.45, 7) is 0.512. The summed E-state index contributed by atoms with van der Waals surface area (Å²) >= 11 is 0. The van der Waals surface area contributed by atoms with Crippen LogP contribution >= 0.6 is 0 Å². The topological polar surface area (TPSA) is 79.7 Å². The van der Waals surface area contributed by atoms with Gasteiger partial charge in [-0.3, -0.25) is 4.79 Å². The molecule has 3 rings (SSSR count). The van der Waals surface area contributed by atoms with Gasteiger partial charge in [0.05, 0.1) is 7.11 Å². The van der Waals surface area contributed by atoms with E-state index in [2.05, 4.69) is 4.98 Å². The molecule has 2 fully saturated rings. The number of hydrogen-bond acceptors (Lipinski definition) is 4. The van der Waals surface area contributed by atoms with Gasteiger partial charge < -0.3 is 14.7 Å². The number of likely N-dealkylation sites (tertiary alicyclic amines) is 1. The van der Waals surface area contributed by atoms with Crippen LogP contribution in [0.5, 0.6) is 5.88 Å². The molecule has 1 saturated heterocycles. The fraction of sp³-hybridized carbons (Fsp3) is 0.533. The number of pyridine rings is 1. The summed E-state index contributed by atoms with van der Waals surface area (Å²) in [7, 11) is 1.45. The van der Waals surface area contributed by atoms with E-state index in [-0.39, 0.29) is 17.7 Å². The minimum Gasteiger partial charge on any atom is -0.480 e. The summed E-state index contributed by atoms with van der Waals surface area (Å²) in [5.41, 5.74) is 0.325. The van der Waals surface area contributed by atoms with Gasteiger partial charge in [0.2, 0.25) is 5.88 Å². The molecule has 2 aliphatic rings. The molecular formula is C15H18N2O4. The number of hydrogen-bond donors (Lipinski definition) is 1. The maximum absolute atomic E-state index is 12.7. The second kappa shape index (κ2) is 5.35. The molecule has 0 radical (unpaired) electrons. The number of aromatic nitrogens is 1. The molecule has 21 heavy (non-hydrogen) atoms. The summed E-state index contributed by atoms with van der Waals surface area (Å²) < 4.78 is 5.11. The Kier molecular flexibility index (Phi) is 3.53. The Balaban J connectivity index is 1.92. The molecule has 1 aliphatic heterocycles. The van der Waals surface area contributed by atoms with Gasteiger partial charge >= 0.3 is 5.97 Å². The van der Waals surface area contributed by atoms with E-state index in [9.17, 15) is 14.7 Å². The second-order valence-electron chi connectivity index (χ2n) is 5.66. The molecule has 1 aromatic rings. The predicted octanol–water partition coefficient (Wildman–Crippen LogP) is 1.42. The molecule has 1 N–H and O–H groups in total. The number of carboxylic acids is 1. The third-order valence-corrected chi connectivity index (χ3v) is 4.60. The Bertz CT molecular complexity index is 575. The van der Waals surface area contributed by atoms with Crippen molar-refractivity contribution in [2.75, 3.05) is 13.7 Å². The van der Waals surface area contributed by atoms with Crippen LogP contribution in [0.3, 0.4) is 0 Å². The summed E-state index contributed by atoms with van der Waals surface area (Å²) in [6, 6.07) is 2.55. The highest BCUT2D eigenvalue weighted by Gasteiger charge is 2.49. The number of aliphatic carboxylic acids is 1. The van der Waals surface area contributed by atoms with Crippen LogP contribution in [0.25, 0.3) is 0 Å². The standard InChI is InChI=1S/C15H18N2O4/c1-21-13-11(6-3-7-16-13)14(18)17-8-9-4-2-5-10(9)12(17)15(19)20/h3,6-7,9-10,12H,2,4-5,8H2,1H3,(H,19,20). The first-order valence-corrected chi connectivity index (χ1v) is 7.16. The first-order chi connectivity index (χ1) is 10.1. The van der Waals surface area contributed by atoms with Gasteiger partial charge in [0.25, 0.3) is 5.91 Å². The second-order valence-corrected chi connectivity index (χ2v) is 5.66. The Morgan fingerprint density at radius 3 is 2.95 bits per heavy atom. The number of carboxylic acid groups (broad SMARTS) is 1. The van der Waals surface area contributed by atoms with E-state index in [1.165, 1.54) is 12.0 Å². The van der Waals surface area contributed by atoms with Gasteiger partial charge in [0.15, 0.2) is 0 Å². The number of amides is 1. The van der Waals surface area contributed by atoms with Crippen LogP contribution in [-0.4, -0.2) is 46.6 Å². The molecule has 0 spiro atoms. The molecule has 6 nitrogen and oxygen atoms in total. The Morgan fingerprint density at radius 1 is 1.43 bits per heavy atom. The van der Waals surface area contributed by atoms with Crippen LogP contribution in [0.4, 0.5) is 0 Å². The lowest BCUT2D eigenvalue weighted by molar-refractivity contribution is -0.142. The smallest absolute Gasteiger partial charge is 0.326 e. The van der Waals surface area contributed by atoms with Crippen LogP contribution in [-0.2, 0) is 4.79 Å². The average molecular weight is 290 g/mol. The van der Waals surface area contributed by atoms with Crippen molar-refractivity contribution >= 4 is 11.9 Å². The first-order valence-electron chi connectivity index (χ1n) is 7.16. The maximum atomic E-state index is 12.7. The molecule has 2 heterocycles. The number of ether oxygens (including phenoxy) is 1. The largest absolute Gasteiger partial charge is 0.480 e. The highest BCUT2D eigenvalue weighted by atomic mass is 16.5. The van der Waals surface area contributed by atoms with E-state index in [0.717, 1.165) is 19.3 Å². The van der Waals surface area contributed by atoms with Crippen molar-refractivity contribution in [3.63, 3.8) is 0 Å². The zero-order chi connectivity index (χ0) is 15.0. The van der Waals surface area contributed by atoms with Crippen molar-refractivity contribution in [3.05, 3.63) is 23.9 Å². The number of rotatable bonds is 3. The van der Waals surface area contributed by atoms with Crippen molar-refractivity contribution in [2.24, 2.45) is 11.8 Å². The Hall–Kier alpha value is -2.11. The fourth-order valence-corrected chi connectivity index (χ4v) is 3.70. The molecular weight excluding hydrogens is 272 g/mol. The minimum absolute atomic E-state index is 0.0779. The van der Waals surface area contributed by atoms with E-state index in [0.29, 0.717) is 18.0 Å². The van der Waals surface area contributed by atoms with E-state index in [1.807, 2.05) is 0 Å². The summed E-state index contributed by atoms with van der Waals surface area (Å²) in [4.78, 5) is 29.8. The van der Waals surface area contributed by atoms with Crippen molar-refractivity contribution in [1.82, 2.24) is 9.88 Å². The predicted molar refractivity (Wildman–Crippen MR) is 74.1 cm³/mol. The normalized spacial score (nSPS) is 27.5. The van der Waals surface area contributed by atoms with Crippen LogP contribution in [0.1, 0.15) is 29.6 Å². The monoisotopic (exact) mass is 290 g/mol. The molecule has 1 saturated carbocycles. The first kappa shape index (κ1) is 13.9. The Morgan fingerprint density at radius 2 is 2.24 bits per heavy atom. The molecule has 0 aromatic carbocycles. The van der Waals surface area contributed by atoms with Crippen molar-refractivity contribution < 1.29 is 19.4 Å². The molecule has 3 unspecified atom stereocenters. The third-order valence-electron chi connectivity index (χ3n) is 4.60. The molecule has 3 atom stereocenters. The SMILES string of the molecule is COc1ncccc1C(=O)N1CC2CCCC2C1C(=O)O. The number of methoxy groups -OCH3 is 1. The van der Waals surface area contributed by atoms with Crippen molar-refractivity contribution in [1.29, 1.82) is 0 Å². The number of nitrogens with zero attached hydrogens (tertiary/aromatic N) is 2. The van der Waals surface area contributed by atoms with Crippen molar-refractivity contribution in [2.45, 2.75) is 25.3 Å². The van der Waals surface area contributed by atoms with E-state index < -0.39 is 12.0 Å². The molecule has 1 aromatic heterocycles. The average Bonchev–Trinajstić information content (AvgIpc) is 3.06. The van der Waals surface area contributed by atoms with Gasteiger partial charge in [0.1, 0.15) is 11.6 Å². The van der Waals surface area contributed by atoms with E-state index >= 15 is 0 Å². The van der Waals surface area contributed by atoms with Gasteiger partial charge in [-0.2, -0.15) is 0 Å². The molecule has 0 bridgehead atoms. The Labute approximate surface area is 122 Å². The van der Waals surface area contributed by atoms with E-state index in [1.54, 1.807) is 18.3 Å². The van der Waals surface area contributed by atoms with Crippen molar-refractivity contribution in [3.8, 4) is 5.88 Å². The summed E-state index contributed by atoms with van der Waals surface area (Å²) in [5, 5.41) is 9.51. The van der Waals surface area contributed by atoms with Crippen LogP contribution in [0.2, 0.25) is 0 Å². The van der Waals surface area contributed by atoms with Gasteiger partial charge in [-0.1, -0.05) is 6.42 Å². The summed E-state index contributed by atoms with van der Waals surface area (Å²) in [5.74, 6) is -0.599. The van der Waals surface area contributed by atoms with Crippen LogP contribution in [0, 0.1) is 11.8 Å². The minimum atomic E-state index is -0.916. The number of carbonyl (C=O) groups excluding carboxylic acids is 1. The number of fused-ring (bicyclic) bond motifs is 1. The number of carbonyl (C=O) groups is 2. The van der Waals surface area contributed by atoms with Gasteiger partial charge in [-0.15, -0.1) is 0 Å². The summed E-state index contributed by atoms with van der Waals surface area (Å²) in [6.07, 6.45) is 4.48. The van der Waals surface area contributed by atoms with Crippen LogP contribution in [0.15, 0.2) is 18.3 Å². The van der Waals surface area contributed by atoms with Gasteiger partial charge in [-0.05, 0) is 36.8 Å². The molecule has 112 valence electrons. The maximum Gasteiger partial charge on any atom is 0.326 e.